The van der Waals surface area contributed by atoms with Gasteiger partial charge in [-0.2, -0.15) is 0 Å². The molecule has 0 unspecified atom stereocenters. The van der Waals surface area contributed by atoms with Crippen molar-refractivity contribution in [1.82, 2.24) is 25.2 Å². The molecule has 106 valence electrons. The second-order valence-electron chi connectivity index (χ2n) is 5.04. The smallest absolute Gasteiger partial charge is 0.268 e. The van der Waals surface area contributed by atoms with Crippen molar-refractivity contribution in [2.45, 2.75) is 25.4 Å². The summed E-state index contributed by atoms with van der Waals surface area (Å²) in [6.07, 6.45) is 7.46. The summed E-state index contributed by atoms with van der Waals surface area (Å²) < 4.78 is 2.10. The number of aromatic nitrogens is 3. The third kappa shape index (κ3) is 2.75. The summed E-state index contributed by atoms with van der Waals surface area (Å²) in [5.41, 5.74) is 1.63. The van der Waals surface area contributed by atoms with Crippen molar-refractivity contribution in [3.05, 3.63) is 42.2 Å². The first kappa shape index (κ1) is 12.9. The monoisotopic (exact) mass is 273 g/mol. The third-order valence-corrected chi connectivity index (χ3v) is 3.71. The average Bonchev–Trinajstić information content (AvgIpc) is 3.17. The number of hydrogen-bond acceptors (Lipinski definition) is 3. The molecule has 0 aliphatic carbocycles. The Balaban J connectivity index is 1.67. The fraction of sp³-hybridized carbons (Fsp3) is 0.429. The molecule has 0 saturated carbocycles. The molecule has 3 rings (SSSR count). The minimum Gasteiger partial charge on any atom is -0.347 e. The van der Waals surface area contributed by atoms with Crippen LogP contribution in [0.3, 0.4) is 0 Å². The van der Waals surface area contributed by atoms with Gasteiger partial charge in [0.2, 0.25) is 0 Å². The van der Waals surface area contributed by atoms with Gasteiger partial charge in [0, 0.05) is 18.4 Å². The van der Waals surface area contributed by atoms with Crippen LogP contribution in [0.2, 0.25) is 0 Å². The van der Waals surface area contributed by atoms with E-state index >= 15 is 0 Å². The van der Waals surface area contributed by atoms with Gasteiger partial charge in [-0.1, -0.05) is 0 Å². The molecule has 2 aromatic heterocycles. The largest absolute Gasteiger partial charge is 0.347 e. The number of hydrogen-bond donors (Lipinski definition) is 3. The Hall–Kier alpha value is -2.08. The standard InChI is InChI=1S/C14H19N5O/c20-14(17-9-11-8-16-10-18-11)13-2-1-7-19(13)12-3-5-15-6-4-12/h1-2,7-8,10,12,15H,3-6,9H2,(H,16,18)(H,17,20). The van der Waals surface area contributed by atoms with E-state index in [4.69, 9.17) is 0 Å². The highest BCUT2D eigenvalue weighted by Gasteiger charge is 2.19. The number of nitrogens with zero attached hydrogens (tertiary/aromatic N) is 2. The van der Waals surface area contributed by atoms with Gasteiger partial charge in [-0.3, -0.25) is 4.79 Å². The van der Waals surface area contributed by atoms with E-state index in [1.54, 1.807) is 12.5 Å². The summed E-state index contributed by atoms with van der Waals surface area (Å²) in [5, 5.41) is 6.26. The molecule has 6 nitrogen and oxygen atoms in total. The molecule has 0 radical (unpaired) electrons. The van der Waals surface area contributed by atoms with E-state index in [9.17, 15) is 4.79 Å². The lowest BCUT2D eigenvalue weighted by Crippen LogP contribution is -2.32. The van der Waals surface area contributed by atoms with Crippen LogP contribution in [0.1, 0.15) is 35.1 Å². The fourth-order valence-electron chi connectivity index (χ4n) is 2.64. The van der Waals surface area contributed by atoms with Crippen molar-refractivity contribution in [2.24, 2.45) is 0 Å². The molecule has 0 spiro atoms. The zero-order chi connectivity index (χ0) is 13.8. The summed E-state index contributed by atoms with van der Waals surface area (Å²) in [6, 6.07) is 4.23. The Morgan fingerprint density at radius 3 is 3.05 bits per heavy atom. The van der Waals surface area contributed by atoms with Crippen LogP contribution in [0.4, 0.5) is 0 Å². The maximum Gasteiger partial charge on any atom is 0.268 e. The van der Waals surface area contributed by atoms with E-state index in [0.29, 0.717) is 12.6 Å². The number of imidazole rings is 1. The third-order valence-electron chi connectivity index (χ3n) is 3.71. The predicted octanol–water partition coefficient (Wildman–Crippen LogP) is 1.07. The molecule has 1 aliphatic heterocycles. The molecule has 0 aromatic carbocycles. The number of rotatable bonds is 4. The topological polar surface area (TPSA) is 74.7 Å². The van der Waals surface area contributed by atoms with Crippen molar-refractivity contribution in [3.63, 3.8) is 0 Å². The summed E-state index contributed by atoms with van der Waals surface area (Å²) in [5.74, 6) is -0.0388. The van der Waals surface area contributed by atoms with Gasteiger partial charge in [0.15, 0.2) is 0 Å². The normalized spacial score (nSPS) is 16.2. The second kappa shape index (κ2) is 5.92. The molecule has 1 fully saturated rings. The molecular weight excluding hydrogens is 254 g/mol. The first-order chi connectivity index (χ1) is 9.84. The molecule has 1 saturated heterocycles. The first-order valence-electron chi connectivity index (χ1n) is 6.97. The lowest BCUT2D eigenvalue weighted by molar-refractivity contribution is 0.0937. The van der Waals surface area contributed by atoms with Crippen LogP contribution in [0, 0.1) is 0 Å². The van der Waals surface area contributed by atoms with Crippen LogP contribution in [0.15, 0.2) is 30.9 Å². The van der Waals surface area contributed by atoms with Crippen molar-refractivity contribution in [1.29, 1.82) is 0 Å². The van der Waals surface area contributed by atoms with Crippen molar-refractivity contribution in [3.8, 4) is 0 Å². The minimum atomic E-state index is -0.0388. The van der Waals surface area contributed by atoms with Gasteiger partial charge in [-0.15, -0.1) is 0 Å². The fourth-order valence-corrected chi connectivity index (χ4v) is 2.64. The van der Waals surface area contributed by atoms with Crippen molar-refractivity contribution < 1.29 is 4.79 Å². The number of piperidine rings is 1. The lowest BCUT2D eigenvalue weighted by atomic mass is 10.1. The van der Waals surface area contributed by atoms with Crippen LogP contribution in [0.25, 0.3) is 0 Å². The number of carbonyl (C=O) groups is 1. The van der Waals surface area contributed by atoms with E-state index in [1.165, 1.54) is 0 Å². The maximum atomic E-state index is 12.3. The van der Waals surface area contributed by atoms with Crippen LogP contribution in [-0.2, 0) is 6.54 Å². The van der Waals surface area contributed by atoms with Crippen LogP contribution in [0.5, 0.6) is 0 Å². The Morgan fingerprint density at radius 1 is 1.45 bits per heavy atom. The first-order valence-corrected chi connectivity index (χ1v) is 6.97. The van der Waals surface area contributed by atoms with Gasteiger partial charge in [0.1, 0.15) is 5.69 Å². The zero-order valence-corrected chi connectivity index (χ0v) is 11.3. The number of carbonyl (C=O) groups excluding carboxylic acids is 1. The highest BCUT2D eigenvalue weighted by Crippen LogP contribution is 2.21. The van der Waals surface area contributed by atoms with E-state index in [0.717, 1.165) is 37.3 Å². The summed E-state index contributed by atoms with van der Waals surface area (Å²) in [4.78, 5) is 19.2. The van der Waals surface area contributed by atoms with Gasteiger partial charge >= 0.3 is 0 Å². The van der Waals surface area contributed by atoms with E-state index < -0.39 is 0 Å². The second-order valence-corrected chi connectivity index (χ2v) is 5.04. The van der Waals surface area contributed by atoms with Gasteiger partial charge in [-0.25, -0.2) is 4.98 Å². The predicted molar refractivity (Wildman–Crippen MR) is 75.3 cm³/mol. The van der Waals surface area contributed by atoms with Gasteiger partial charge < -0.3 is 20.2 Å². The number of H-pyrrole nitrogens is 1. The SMILES string of the molecule is O=C(NCc1cnc[nH]1)c1cccn1C1CCNCC1. The van der Waals surface area contributed by atoms with Crippen LogP contribution >= 0.6 is 0 Å². The highest BCUT2D eigenvalue weighted by atomic mass is 16.1. The molecule has 3 heterocycles. The molecule has 2 aromatic rings. The highest BCUT2D eigenvalue weighted by molar-refractivity contribution is 5.92. The Kier molecular flexibility index (Phi) is 3.83. The molecular formula is C14H19N5O. The van der Waals surface area contributed by atoms with Crippen molar-refractivity contribution in [2.75, 3.05) is 13.1 Å². The molecule has 0 atom stereocenters. The molecule has 0 bridgehead atoms. The van der Waals surface area contributed by atoms with E-state index in [-0.39, 0.29) is 5.91 Å². The van der Waals surface area contributed by atoms with Crippen LogP contribution in [-0.4, -0.2) is 33.5 Å². The van der Waals surface area contributed by atoms with Gasteiger partial charge in [0.05, 0.1) is 18.6 Å². The zero-order valence-electron chi connectivity index (χ0n) is 11.3. The molecule has 6 heteroatoms. The Labute approximate surface area is 117 Å². The summed E-state index contributed by atoms with van der Waals surface area (Å²) in [6.45, 7) is 2.49. The lowest BCUT2D eigenvalue weighted by Gasteiger charge is -2.25. The van der Waals surface area contributed by atoms with Gasteiger partial charge in [0.25, 0.3) is 5.91 Å². The van der Waals surface area contributed by atoms with E-state index in [2.05, 4.69) is 25.2 Å². The number of aromatic amines is 1. The molecule has 20 heavy (non-hydrogen) atoms. The number of amides is 1. The quantitative estimate of drug-likeness (QED) is 0.780. The number of nitrogens with one attached hydrogen (secondary N) is 3. The Bertz CT molecular complexity index is 554. The van der Waals surface area contributed by atoms with Crippen molar-refractivity contribution >= 4 is 5.91 Å². The van der Waals surface area contributed by atoms with Gasteiger partial charge in [-0.05, 0) is 38.1 Å². The average molecular weight is 273 g/mol. The molecule has 3 N–H and O–H groups in total. The Morgan fingerprint density at radius 2 is 2.30 bits per heavy atom. The minimum absolute atomic E-state index is 0.0388. The van der Waals surface area contributed by atoms with E-state index in [1.807, 2.05) is 18.3 Å². The van der Waals surface area contributed by atoms with Crippen LogP contribution < -0.4 is 10.6 Å². The summed E-state index contributed by atoms with van der Waals surface area (Å²) >= 11 is 0. The summed E-state index contributed by atoms with van der Waals surface area (Å²) in [7, 11) is 0. The molecule has 1 amide bonds. The maximum absolute atomic E-state index is 12.3. The molecule has 1 aliphatic rings.